The lowest BCUT2D eigenvalue weighted by atomic mass is 10.2. The van der Waals surface area contributed by atoms with Gasteiger partial charge in [0.1, 0.15) is 6.04 Å². The van der Waals surface area contributed by atoms with Crippen molar-refractivity contribution < 1.29 is 14.7 Å². The van der Waals surface area contributed by atoms with Crippen molar-refractivity contribution in [2.45, 2.75) is 25.9 Å². The van der Waals surface area contributed by atoms with E-state index in [9.17, 15) is 9.59 Å². The molecule has 1 rings (SSSR count). The smallest absolute Gasteiger partial charge is 0.327 e. The van der Waals surface area contributed by atoms with Crippen LogP contribution in [0, 0.1) is 19.3 Å². The molecule has 0 aliphatic carbocycles. The molecule has 0 radical (unpaired) electrons. The Kier molecular flexibility index (Phi) is 5.33. The number of thiazole rings is 1. The van der Waals surface area contributed by atoms with Gasteiger partial charge in [-0.05, 0) is 6.92 Å². The van der Waals surface area contributed by atoms with E-state index >= 15 is 0 Å². The first kappa shape index (κ1) is 15.0. The first-order chi connectivity index (χ1) is 8.93. The molecule has 102 valence electrons. The lowest BCUT2D eigenvalue weighted by molar-refractivity contribution is -0.139. The number of carbonyl (C=O) groups is 2. The second-order valence-corrected chi connectivity index (χ2v) is 5.02. The molecule has 0 fully saturated rings. The number of aryl methyl sites for hydroxylation is 1. The summed E-state index contributed by atoms with van der Waals surface area (Å²) in [4.78, 5) is 28.3. The Balaban J connectivity index is 2.57. The van der Waals surface area contributed by atoms with Crippen LogP contribution < -0.4 is 5.32 Å². The molecule has 0 aromatic carbocycles. The van der Waals surface area contributed by atoms with Gasteiger partial charge in [-0.2, -0.15) is 0 Å². The number of terminal acetylenes is 1. The fourth-order valence-electron chi connectivity index (χ4n) is 1.37. The van der Waals surface area contributed by atoms with Crippen molar-refractivity contribution in [3.05, 3.63) is 16.1 Å². The fourth-order valence-corrected chi connectivity index (χ4v) is 1.98. The number of aliphatic carboxylic acids is 1. The average molecular weight is 281 g/mol. The zero-order valence-corrected chi connectivity index (χ0v) is 11.5. The van der Waals surface area contributed by atoms with Crippen LogP contribution in [0.25, 0.3) is 0 Å². The average Bonchev–Trinajstić information content (AvgIpc) is 2.73. The van der Waals surface area contributed by atoms with Gasteiger partial charge in [-0.1, -0.05) is 0 Å². The first-order valence-electron chi connectivity index (χ1n) is 5.53. The highest BCUT2D eigenvalue weighted by Gasteiger charge is 2.21. The minimum Gasteiger partial charge on any atom is -0.480 e. The largest absolute Gasteiger partial charge is 0.480 e. The summed E-state index contributed by atoms with van der Waals surface area (Å²) in [5, 5.41) is 14.0. The van der Waals surface area contributed by atoms with E-state index in [0.29, 0.717) is 6.54 Å². The Morgan fingerprint density at radius 2 is 2.37 bits per heavy atom. The lowest BCUT2D eigenvalue weighted by Crippen LogP contribution is -2.46. The highest BCUT2D eigenvalue weighted by molar-refractivity contribution is 7.09. The molecule has 1 aromatic heterocycles. The van der Waals surface area contributed by atoms with Gasteiger partial charge in [0.2, 0.25) is 0 Å². The minimum absolute atomic E-state index is 0.0509. The van der Waals surface area contributed by atoms with E-state index < -0.39 is 18.0 Å². The van der Waals surface area contributed by atoms with Gasteiger partial charge in [0.05, 0.1) is 17.2 Å². The van der Waals surface area contributed by atoms with E-state index in [2.05, 4.69) is 16.2 Å². The molecule has 0 aliphatic heterocycles. The number of amides is 2. The molecule has 2 N–H and O–H groups in total. The second kappa shape index (κ2) is 6.75. The van der Waals surface area contributed by atoms with Gasteiger partial charge in [-0.3, -0.25) is 0 Å². The number of carbonyl (C=O) groups excluding carboxylic acids is 1. The van der Waals surface area contributed by atoms with Crippen LogP contribution in [0.15, 0.2) is 5.38 Å². The summed E-state index contributed by atoms with van der Waals surface area (Å²) in [6, 6.07) is -1.56. The highest BCUT2D eigenvalue weighted by atomic mass is 32.1. The third kappa shape index (κ3) is 4.60. The maximum absolute atomic E-state index is 11.8. The van der Waals surface area contributed by atoms with Crippen molar-refractivity contribution in [3.8, 4) is 12.3 Å². The van der Waals surface area contributed by atoms with Crippen LogP contribution >= 0.6 is 11.3 Å². The van der Waals surface area contributed by atoms with Crippen molar-refractivity contribution in [1.82, 2.24) is 15.2 Å². The predicted molar refractivity (Wildman–Crippen MR) is 71.7 cm³/mol. The zero-order chi connectivity index (χ0) is 14.4. The number of nitrogens with zero attached hydrogens (tertiary/aromatic N) is 2. The molecular weight excluding hydrogens is 266 g/mol. The van der Waals surface area contributed by atoms with Gasteiger partial charge in [0.15, 0.2) is 0 Å². The van der Waals surface area contributed by atoms with E-state index in [4.69, 9.17) is 11.5 Å². The third-order valence-electron chi connectivity index (χ3n) is 2.33. The molecule has 19 heavy (non-hydrogen) atoms. The monoisotopic (exact) mass is 281 g/mol. The van der Waals surface area contributed by atoms with Gasteiger partial charge in [-0.25, -0.2) is 14.6 Å². The van der Waals surface area contributed by atoms with Gasteiger partial charge in [0.25, 0.3) is 0 Å². The lowest BCUT2D eigenvalue weighted by Gasteiger charge is -2.19. The summed E-state index contributed by atoms with van der Waals surface area (Å²) in [7, 11) is 1.57. The molecule has 0 bridgehead atoms. The van der Waals surface area contributed by atoms with Crippen LogP contribution in [0.3, 0.4) is 0 Å². The van der Waals surface area contributed by atoms with Crippen molar-refractivity contribution >= 4 is 23.3 Å². The molecule has 1 aromatic rings. The molecule has 0 spiro atoms. The molecule has 6 nitrogen and oxygen atoms in total. The van der Waals surface area contributed by atoms with Gasteiger partial charge >= 0.3 is 12.0 Å². The van der Waals surface area contributed by atoms with Crippen LogP contribution in [0.4, 0.5) is 4.79 Å². The van der Waals surface area contributed by atoms with Crippen molar-refractivity contribution in [2.75, 3.05) is 7.05 Å². The van der Waals surface area contributed by atoms with Crippen molar-refractivity contribution in [2.24, 2.45) is 0 Å². The van der Waals surface area contributed by atoms with E-state index in [1.54, 1.807) is 7.05 Å². The zero-order valence-electron chi connectivity index (χ0n) is 10.7. The van der Waals surface area contributed by atoms with E-state index in [1.165, 1.54) is 16.2 Å². The van der Waals surface area contributed by atoms with Crippen LogP contribution in [0.5, 0.6) is 0 Å². The van der Waals surface area contributed by atoms with Crippen LogP contribution in [0.2, 0.25) is 0 Å². The summed E-state index contributed by atoms with van der Waals surface area (Å²) in [6.07, 6.45) is 5.01. The first-order valence-corrected chi connectivity index (χ1v) is 6.41. The van der Waals surface area contributed by atoms with Crippen molar-refractivity contribution in [1.29, 1.82) is 0 Å². The fraction of sp³-hybridized carbons (Fsp3) is 0.417. The summed E-state index contributed by atoms with van der Waals surface area (Å²) in [5.41, 5.74) is 0.768. The SMILES string of the molecule is C#CCC(NC(=O)N(C)Cc1csc(C)n1)C(=O)O. The maximum atomic E-state index is 11.8. The number of hydrogen-bond acceptors (Lipinski definition) is 4. The van der Waals surface area contributed by atoms with Crippen LogP contribution in [0.1, 0.15) is 17.1 Å². The van der Waals surface area contributed by atoms with Crippen LogP contribution in [-0.4, -0.2) is 40.1 Å². The number of urea groups is 1. The highest BCUT2D eigenvalue weighted by Crippen LogP contribution is 2.09. The Hall–Kier alpha value is -2.07. The molecule has 0 saturated carbocycles. The molecule has 1 unspecified atom stereocenters. The van der Waals surface area contributed by atoms with E-state index in [-0.39, 0.29) is 6.42 Å². The number of hydrogen-bond donors (Lipinski definition) is 2. The Morgan fingerprint density at radius 3 is 2.84 bits per heavy atom. The summed E-state index contributed by atoms with van der Waals surface area (Å²) in [5.74, 6) is 1.07. The standard InChI is InChI=1S/C12H15N3O3S/c1-4-5-10(11(16)17)14-12(18)15(3)6-9-7-19-8(2)13-9/h1,7,10H,5-6H2,2-3H3,(H,14,18)(H,16,17). The summed E-state index contributed by atoms with van der Waals surface area (Å²) in [6.45, 7) is 2.19. The third-order valence-corrected chi connectivity index (χ3v) is 3.15. The van der Waals surface area contributed by atoms with Gasteiger partial charge < -0.3 is 15.3 Å². The van der Waals surface area contributed by atoms with Crippen LogP contribution in [-0.2, 0) is 11.3 Å². The molecule has 0 saturated heterocycles. The predicted octanol–water partition coefficient (Wildman–Crippen LogP) is 1.07. The molecule has 1 atom stereocenters. The molecule has 7 heteroatoms. The Labute approximate surface area is 115 Å². The Morgan fingerprint density at radius 1 is 1.68 bits per heavy atom. The minimum atomic E-state index is -1.15. The topological polar surface area (TPSA) is 82.5 Å². The molecular formula is C12H15N3O3S. The van der Waals surface area contributed by atoms with Crippen molar-refractivity contribution in [3.63, 3.8) is 0 Å². The number of nitrogens with one attached hydrogen (secondary N) is 1. The van der Waals surface area contributed by atoms with Gasteiger partial charge in [0, 0.05) is 18.8 Å². The van der Waals surface area contributed by atoms with Gasteiger partial charge in [-0.15, -0.1) is 23.7 Å². The number of carboxylic acid groups (broad SMARTS) is 1. The molecule has 1 heterocycles. The second-order valence-electron chi connectivity index (χ2n) is 3.96. The van der Waals surface area contributed by atoms with E-state index in [1.807, 2.05) is 12.3 Å². The number of carboxylic acids is 1. The van der Waals surface area contributed by atoms with E-state index in [0.717, 1.165) is 10.7 Å². The summed E-state index contributed by atoms with van der Waals surface area (Å²) >= 11 is 1.49. The molecule has 0 aliphatic rings. The normalized spacial score (nSPS) is 11.4. The summed E-state index contributed by atoms with van der Waals surface area (Å²) < 4.78 is 0. The maximum Gasteiger partial charge on any atom is 0.327 e. The quantitative estimate of drug-likeness (QED) is 0.791. The Bertz CT molecular complexity index is 507. The number of rotatable bonds is 5. The number of aromatic nitrogens is 1. The molecule has 2 amide bonds.